The van der Waals surface area contributed by atoms with Crippen molar-refractivity contribution in [2.45, 2.75) is 20.3 Å². The van der Waals surface area contributed by atoms with Gasteiger partial charge in [-0.05, 0) is 29.9 Å². The van der Waals surface area contributed by atoms with Crippen molar-refractivity contribution in [2.75, 3.05) is 12.3 Å². The highest BCUT2D eigenvalue weighted by atomic mass is 19.1. The minimum absolute atomic E-state index is 0.229. The predicted octanol–water partition coefficient (Wildman–Crippen LogP) is 2.32. The average molecular weight is 254 g/mol. The minimum atomic E-state index is -0.871. The maximum Gasteiger partial charge on any atom is 0.254 e. The summed E-state index contributed by atoms with van der Waals surface area (Å²) in [6.07, 6.45) is 1.03. The van der Waals surface area contributed by atoms with Crippen LogP contribution in [-0.2, 0) is 0 Å². The third-order valence-electron chi connectivity index (χ3n) is 3.54. The molecule has 1 saturated carbocycles. The SMILES string of the molecule is CC1(C)CC1CNC(=O)c1cc(F)cc(N)c1F. The van der Waals surface area contributed by atoms with Crippen LogP contribution < -0.4 is 11.1 Å². The van der Waals surface area contributed by atoms with Gasteiger partial charge in [-0.1, -0.05) is 13.8 Å². The number of hydrogen-bond acceptors (Lipinski definition) is 2. The van der Waals surface area contributed by atoms with E-state index in [0.29, 0.717) is 12.5 Å². The lowest BCUT2D eigenvalue weighted by atomic mass is 10.1. The molecule has 0 aliphatic heterocycles. The zero-order valence-corrected chi connectivity index (χ0v) is 10.4. The largest absolute Gasteiger partial charge is 0.396 e. The quantitative estimate of drug-likeness (QED) is 0.813. The van der Waals surface area contributed by atoms with Crippen LogP contribution in [0.1, 0.15) is 30.6 Å². The number of halogens is 2. The van der Waals surface area contributed by atoms with E-state index in [9.17, 15) is 13.6 Å². The third-order valence-corrected chi connectivity index (χ3v) is 3.54. The molecule has 5 heteroatoms. The summed E-state index contributed by atoms with van der Waals surface area (Å²) in [6, 6.07) is 1.72. The average Bonchev–Trinajstić information content (AvgIpc) is 2.88. The summed E-state index contributed by atoms with van der Waals surface area (Å²) in [5.41, 5.74) is 4.81. The summed E-state index contributed by atoms with van der Waals surface area (Å²) in [4.78, 5) is 11.7. The number of nitrogens with two attached hydrogens (primary N) is 1. The lowest BCUT2D eigenvalue weighted by molar-refractivity contribution is 0.0946. The van der Waals surface area contributed by atoms with Crippen molar-refractivity contribution >= 4 is 11.6 Å². The van der Waals surface area contributed by atoms with Gasteiger partial charge in [0.1, 0.15) is 5.82 Å². The zero-order valence-electron chi connectivity index (χ0n) is 10.4. The molecular weight excluding hydrogens is 238 g/mol. The van der Waals surface area contributed by atoms with E-state index in [0.717, 1.165) is 18.6 Å². The molecule has 0 saturated heterocycles. The van der Waals surface area contributed by atoms with Gasteiger partial charge in [0.05, 0.1) is 11.3 Å². The van der Waals surface area contributed by atoms with Crippen molar-refractivity contribution < 1.29 is 13.6 Å². The van der Waals surface area contributed by atoms with Gasteiger partial charge in [-0.25, -0.2) is 8.78 Å². The lowest BCUT2D eigenvalue weighted by Gasteiger charge is -2.08. The van der Waals surface area contributed by atoms with Crippen LogP contribution in [0, 0.1) is 23.0 Å². The van der Waals surface area contributed by atoms with Crippen molar-refractivity contribution in [3.8, 4) is 0 Å². The fourth-order valence-corrected chi connectivity index (χ4v) is 2.01. The molecule has 1 atom stereocenters. The highest BCUT2D eigenvalue weighted by Gasteiger charge is 2.45. The first-order chi connectivity index (χ1) is 8.31. The standard InChI is InChI=1S/C13H16F2N2O/c1-13(2)5-7(13)6-17-12(18)9-3-8(14)4-10(16)11(9)15/h3-4,7H,5-6,16H2,1-2H3,(H,17,18). The number of amides is 1. The van der Waals surface area contributed by atoms with Gasteiger partial charge in [0, 0.05) is 6.54 Å². The van der Waals surface area contributed by atoms with E-state index in [2.05, 4.69) is 19.2 Å². The highest BCUT2D eigenvalue weighted by Crippen LogP contribution is 2.50. The molecule has 98 valence electrons. The predicted molar refractivity (Wildman–Crippen MR) is 65.0 cm³/mol. The van der Waals surface area contributed by atoms with E-state index in [1.54, 1.807) is 0 Å². The number of nitrogen functional groups attached to an aromatic ring is 1. The van der Waals surface area contributed by atoms with E-state index in [1.165, 1.54) is 0 Å². The van der Waals surface area contributed by atoms with Crippen LogP contribution in [0.25, 0.3) is 0 Å². The van der Waals surface area contributed by atoms with Crippen LogP contribution in [0.4, 0.5) is 14.5 Å². The Hall–Kier alpha value is -1.65. The molecule has 3 nitrogen and oxygen atoms in total. The molecule has 0 heterocycles. The summed E-state index contributed by atoms with van der Waals surface area (Å²) in [7, 11) is 0. The number of carbonyl (C=O) groups excluding carboxylic acids is 1. The number of nitrogens with one attached hydrogen (secondary N) is 1. The Balaban J connectivity index is 2.05. The van der Waals surface area contributed by atoms with Gasteiger partial charge in [0.15, 0.2) is 5.82 Å². The van der Waals surface area contributed by atoms with Crippen molar-refractivity contribution in [3.63, 3.8) is 0 Å². The van der Waals surface area contributed by atoms with Crippen LogP contribution in [0.15, 0.2) is 12.1 Å². The lowest BCUT2D eigenvalue weighted by Crippen LogP contribution is -2.27. The molecule has 0 radical (unpaired) electrons. The summed E-state index contributed by atoms with van der Waals surface area (Å²) < 4.78 is 26.6. The first-order valence-electron chi connectivity index (χ1n) is 5.84. The first kappa shape index (κ1) is 12.8. The van der Waals surface area contributed by atoms with E-state index < -0.39 is 17.5 Å². The van der Waals surface area contributed by atoms with Crippen molar-refractivity contribution in [1.29, 1.82) is 0 Å². The third kappa shape index (κ3) is 2.44. The molecule has 1 aliphatic rings. The Morgan fingerprint density at radius 1 is 1.50 bits per heavy atom. The second-order valence-corrected chi connectivity index (χ2v) is 5.46. The van der Waals surface area contributed by atoms with Crippen LogP contribution >= 0.6 is 0 Å². The zero-order chi connectivity index (χ0) is 13.5. The molecule has 1 aliphatic carbocycles. The fourth-order valence-electron chi connectivity index (χ4n) is 2.01. The van der Waals surface area contributed by atoms with E-state index in [-0.39, 0.29) is 16.7 Å². The summed E-state index contributed by atoms with van der Waals surface area (Å²) in [5.74, 6) is -1.81. The van der Waals surface area contributed by atoms with Crippen molar-refractivity contribution in [2.24, 2.45) is 11.3 Å². The number of anilines is 1. The molecule has 0 aromatic heterocycles. The Morgan fingerprint density at radius 3 is 2.67 bits per heavy atom. The molecule has 18 heavy (non-hydrogen) atoms. The molecule has 1 aromatic carbocycles. The molecule has 2 rings (SSSR count). The second-order valence-electron chi connectivity index (χ2n) is 5.46. The minimum Gasteiger partial charge on any atom is -0.396 e. The van der Waals surface area contributed by atoms with Gasteiger partial charge in [-0.3, -0.25) is 4.79 Å². The Kier molecular flexibility index (Phi) is 3.00. The Morgan fingerprint density at radius 2 is 2.11 bits per heavy atom. The molecule has 3 N–H and O–H groups in total. The van der Waals surface area contributed by atoms with Gasteiger partial charge < -0.3 is 11.1 Å². The summed E-state index contributed by atoms with van der Waals surface area (Å²) in [5, 5.41) is 2.61. The van der Waals surface area contributed by atoms with Gasteiger partial charge in [0.2, 0.25) is 0 Å². The van der Waals surface area contributed by atoms with E-state index >= 15 is 0 Å². The number of carbonyl (C=O) groups is 1. The van der Waals surface area contributed by atoms with E-state index in [1.807, 2.05) is 0 Å². The van der Waals surface area contributed by atoms with Crippen LogP contribution in [0.3, 0.4) is 0 Å². The maximum atomic E-state index is 13.6. The van der Waals surface area contributed by atoms with Crippen molar-refractivity contribution in [1.82, 2.24) is 5.32 Å². The van der Waals surface area contributed by atoms with Crippen LogP contribution in [0.5, 0.6) is 0 Å². The first-order valence-corrected chi connectivity index (χ1v) is 5.84. The van der Waals surface area contributed by atoms with Crippen LogP contribution in [-0.4, -0.2) is 12.5 Å². The fraction of sp³-hybridized carbons (Fsp3) is 0.462. The summed E-state index contributed by atoms with van der Waals surface area (Å²) >= 11 is 0. The molecule has 1 amide bonds. The monoisotopic (exact) mass is 254 g/mol. The van der Waals surface area contributed by atoms with Crippen molar-refractivity contribution in [3.05, 3.63) is 29.3 Å². The molecule has 1 fully saturated rings. The Bertz CT molecular complexity index is 500. The number of rotatable bonds is 3. The molecular formula is C13H16F2N2O. The van der Waals surface area contributed by atoms with Gasteiger partial charge in [0.25, 0.3) is 5.91 Å². The topological polar surface area (TPSA) is 55.1 Å². The summed E-state index contributed by atoms with van der Waals surface area (Å²) in [6.45, 7) is 4.68. The van der Waals surface area contributed by atoms with Crippen LogP contribution in [0.2, 0.25) is 0 Å². The molecule has 1 unspecified atom stereocenters. The van der Waals surface area contributed by atoms with Gasteiger partial charge in [-0.15, -0.1) is 0 Å². The molecule has 1 aromatic rings. The molecule has 0 bridgehead atoms. The second kappa shape index (κ2) is 4.23. The highest BCUT2D eigenvalue weighted by molar-refractivity contribution is 5.95. The smallest absolute Gasteiger partial charge is 0.254 e. The maximum absolute atomic E-state index is 13.6. The number of hydrogen-bond donors (Lipinski definition) is 2. The number of benzene rings is 1. The molecule has 0 spiro atoms. The van der Waals surface area contributed by atoms with E-state index in [4.69, 9.17) is 5.73 Å². The van der Waals surface area contributed by atoms with Gasteiger partial charge in [-0.2, -0.15) is 0 Å². The normalized spacial score (nSPS) is 20.6. The Labute approximate surface area is 104 Å². The van der Waals surface area contributed by atoms with Gasteiger partial charge >= 0.3 is 0 Å².